The second-order valence-electron chi connectivity index (χ2n) is 4.68. The van der Waals surface area contributed by atoms with Gasteiger partial charge in [0.1, 0.15) is 0 Å². The van der Waals surface area contributed by atoms with Crippen LogP contribution < -0.4 is 5.73 Å². The summed E-state index contributed by atoms with van der Waals surface area (Å²) in [6.07, 6.45) is 8.82. The highest BCUT2D eigenvalue weighted by Crippen LogP contribution is 2.21. The number of aromatic nitrogens is 2. The molecule has 2 aromatic rings. The summed E-state index contributed by atoms with van der Waals surface area (Å²) in [5.41, 5.74) is 6.95. The van der Waals surface area contributed by atoms with E-state index in [-0.39, 0.29) is 0 Å². The maximum Gasteiger partial charge on any atom is 0.193 e. The average Bonchev–Trinajstić information content (AvgIpc) is 2.86. The van der Waals surface area contributed by atoms with Crippen molar-refractivity contribution < 1.29 is 4.74 Å². The zero-order valence-corrected chi connectivity index (χ0v) is 10.5. The minimum atomic E-state index is 0.318. The van der Waals surface area contributed by atoms with E-state index in [4.69, 9.17) is 10.5 Å². The van der Waals surface area contributed by atoms with Gasteiger partial charge < -0.3 is 10.5 Å². The Labute approximate surface area is 104 Å². The Balaban J connectivity index is 1.58. The maximum absolute atomic E-state index is 5.94. The van der Waals surface area contributed by atoms with Gasteiger partial charge in [0.2, 0.25) is 0 Å². The van der Waals surface area contributed by atoms with Crippen molar-refractivity contribution in [2.24, 2.45) is 5.73 Å². The molecule has 0 bridgehead atoms. The molecule has 0 aromatic carbocycles. The molecule has 1 saturated carbocycles. The highest BCUT2D eigenvalue weighted by atomic mass is 32.1. The van der Waals surface area contributed by atoms with Gasteiger partial charge in [0.15, 0.2) is 4.96 Å². The third kappa shape index (κ3) is 2.51. The number of hydrogen-bond acceptors (Lipinski definition) is 4. The van der Waals surface area contributed by atoms with Crippen LogP contribution in [-0.2, 0) is 11.3 Å². The first kappa shape index (κ1) is 11.2. The van der Waals surface area contributed by atoms with Gasteiger partial charge in [0.05, 0.1) is 18.4 Å². The number of hydrogen-bond donors (Lipinski definition) is 1. The molecule has 2 atom stereocenters. The summed E-state index contributed by atoms with van der Waals surface area (Å²) in [7, 11) is 0. The second-order valence-corrected chi connectivity index (χ2v) is 5.56. The molecular formula is C12H17N3OS. The summed E-state index contributed by atoms with van der Waals surface area (Å²) in [5.74, 6) is 0. The van der Waals surface area contributed by atoms with Gasteiger partial charge in [-0.3, -0.25) is 4.40 Å². The molecule has 1 fully saturated rings. The van der Waals surface area contributed by atoms with Crippen LogP contribution in [0.2, 0.25) is 0 Å². The van der Waals surface area contributed by atoms with Gasteiger partial charge in [-0.15, -0.1) is 11.3 Å². The van der Waals surface area contributed by atoms with E-state index in [2.05, 4.69) is 4.98 Å². The smallest absolute Gasteiger partial charge is 0.193 e. The highest BCUT2D eigenvalue weighted by molar-refractivity contribution is 7.15. The fourth-order valence-electron chi connectivity index (χ4n) is 2.38. The molecule has 0 spiro atoms. The molecule has 17 heavy (non-hydrogen) atoms. The van der Waals surface area contributed by atoms with Crippen LogP contribution in [0.15, 0.2) is 17.8 Å². The minimum Gasteiger partial charge on any atom is -0.372 e. The normalized spacial score (nSPS) is 25.5. The summed E-state index contributed by atoms with van der Waals surface area (Å²) >= 11 is 1.65. The number of nitrogens with two attached hydrogens (primary N) is 1. The number of imidazole rings is 1. The van der Waals surface area contributed by atoms with Gasteiger partial charge in [0.25, 0.3) is 0 Å². The summed E-state index contributed by atoms with van der Waals surface area (Å²) in [6.45, 7) is 0.603. The van der Waals surface area contributed by atoms with Crippen molar-refractivity contribution in [1.29, 1.82) is 0 Å². The lowest BCUT2D eigenvalue weighted by atomic mass is 9.94. The van der Waals surface area contributed by atoms with Crippen LogP contribution in [0.25, 0.3) is 4.96 Å². The quantitative estimate of drug-likeness (QED) is 0.909. The third-order valence-electron chi connectivity index (χ3n) is 3.28. The molecule has 1 aliphatic carbocycles. The lowest BCUT2D eigenvalue weighted by Crippen LogP contribution is -2.32. The molecule has 1 aliphatic rings. The van der Waals surface area contributed by atoms with Crippen molar-refractivity contribution in [1.82, 2.24) is 9.38 Å². The number of nitrogens with zero attached hydrogens (tertiary/aromatic N) is 2. The molecule has 3 rings (SSSR count). The molecule has 0 amide bonds. The first-order valence-electron chi connectivity index (χ1n) is 6.09. The number of ether oxygens (including phenoxy) is 1. The molecular weight excluding hydrogens is 234 g/mol. The van der Waals surface area contributed by atoms with Gasteiger partial charge >= 0.3 is 0 Å². The van der Waals surface area contributed by atoms with Crippen molar-refractivity contribution in [2.75, 3.05) is 0 Å². The van der Waals surface area contributed by atoms with Gasteiger partial charge in [-0.05, 0) is 25.7 Å². The predicted molar refractivity (Wildman–Crippen MR) is 68.1 cm³/mol. The van der Waals surface area contributed by atoms with E-state index < -0.39 is 0 Å². The molecule has 92 valence electrons. The average molecular weight is 251 g/mol. The van der Waals surface area contributed by atoms with Crippen LogP contribution in [0.5, 0.6) is 0 Å². The van der Waals surface area contributed by atoms with E-state index in [0.29, 0.717) is 18.8 Å². The van der Waals surface area contributed by atoms with Crippen LogP contribution in [0.3, 0.4) is 0 Å². The fraction of sp³-hybridized carbons (Fsp3) is 0.583. The van der Waals surface area contributed by atoms with E-state index in [9.17, 15) is 0 Å². The van der Waals surface area contributed by atoms with Crippen molar-refractivity contribution in [3.05, 3.63) is 23.5 Å². The lowest BCUT2D eigenvalue weighted by Gasteiger charge is -2.26. The van der Waals surface area contributed by atoms with E-state index in [1.165, 1.54) is 6.42 Å². The topological polar surface area (TPSA) is 52.5 Å². The van der Waals surface area contributed by atoms with Crippen LogP contribution in [0.1, 0.15) is 31.4 Å². The Morgan fingerprint density at radius 2 is 2.47 bits per heavy atom. The fourth-order valence-corrected chi connectivity index (χ4v) is 3.10. The van der Waals surface area contributed by atoms with E-state index in [1.807, 2.05) is 22.2 Å². The van der Waals surface area contributed by atoms with Gasteiger partial charge in [-0.1, -0.05) is 0 Å². The SMILES string of the molecule is NC1CCCC(OCc2cn3ccsc3n2)C1. The van der Waals surface area contributed by atoms with Crippen molar-refractivity contribution in [3.63, 3.8) is 0 Å². The molecule has 5 heteroatoms. The number of thiazole rings is 1. The highest BCUT2D eigenvalue weighted by Gasteiger charge is 2.19. The minimum absolute atomic E-state index is 0.318. The van der Waals surface area contributed by atoms with Crippen molar-refractivity contribution in [3.8, 4) is 0 Å². The number of fused-ring (bicyclic) bond motifs is 1. The zero-order chi connectivity index (χ0) is 11.7. The third-order valence-corrected chi connectivity index (χ3v) is 4.05. The molecule has 2 N–H and O–H groups in total. The van der Waals surface area contributed by atoms with Gasteiger partial charge in [-0.25, -0.2) is 4.98 Å². The van der Waals surface area contributed by atoms with E-state index in [1.54, 1.807) is 11.3 Å². The molecule has 2 aromatic heterocycles. The Morgan fingerprint density at radius 3 is 3.29 bits per heavy atom. The van der Waals surface area contributed by atoms with Crippen LogP contribution in [0, 0.1) is 0 Å². The Bertz CT molecular complexity index is 464. The number of rotatable bonds is 3. The first-order valence-corrected chi connectivity index (χ1v) is 6.97. The summed E-state index contributed by atoms with van der Waals surface area (Å²) < 4.78 is 7.92. The monoisotopic (exact) mass is 251 g/mol. The Kier molecular flexibility index (Phi) is 3.13. The summed E-state index contributed by atoms with van der Waals surface area (Å²) in [6, 6.07) is 0.319. The summed E-state index contributed by atoms with van der Waals surface area (Å²) in [4.78, 5) is 5.53. The van der Waals surface area contributed by atoms with Crippen LogP contribution in [0.4, 0.5) is 0 Å². The predicted octanol–water partition coefficient (Wildman–Crippen LogP) is 2.18. The summed E-state index contributed by atoms with van der Waals surface area (Å²) in [5, 5.41) is 2.03. The Morgan fingerprint density at radius 1 is 1.53 bits per heavy atom. The van der Waals surface area contributed by atoms with Gasteiger partial charge in [-0.2, -0.15) is 0 Å². The van der Waals surface area contributed by atoms with E-state index in [0.717, 1.165) is 29.9 Å². The Hall–Kier alpha value is -0.910. The molecule has 2 unspecified atom stereocenters. The second kappa shape index (κ2) is 4.76. The van der Waals surface area contributed by atoms with E-state index >= 15 is 0 Å². The molecule has 2 heterocycles. The van der Waals surface area contributed by atoms with Crippen LogP contribution in [-0.4, -0.2) is 21.5 Å². The standard InChI is InChI=1S/C12H17N3OS/c13-9-2-1-3-11(6-9)16-8-10-7-15-4-5-17-12(15)14-10/h4-5,7,9,11H,1-3,6,8,13H2. The molecule has 0 saturated heterocycles. The molecule has 4 nitrogen and oxygen atoms in total. The zero-order valence-electron chi connectivity index (χ0n) is 9.71. The lowest BCUT2D eigenvalue weighted by molar-refractivity contribution is 0.0109. The molecule has 0 aliphatic heterocycles. The maximum atomic E-state index is 5.94. The van der Waals surface area contributed by atoms with Crippen molar-refractivity contribution in [2.45, 2.75) is 44.4 Å². The first-order chi connectivity index (χ1) is 8.31. The largest absolute Gasteiger partial charge is 0.372 e. The van der Waals surface area contributed by atoms with Crippen molar-refractivity contribution >= 4 is 16.3 Å². The van der Waals surface area contributed by atoms with Crippen LogP contribution >= 0.6 is 11.3 Å². The molecule has 0 radical (unpaired) electrons. The van der Waals surface area contributed by atoms with Gasteiger partial charge in [0, 0.05) is 23.8 Å².